The Balaban J connectivity index is 1.72. The molecule has 24 nitrogen and oxygen atoms in total. The van der Waals surface area contributed by atoms with Crippen LogP contribution in [0.4, 0.5) is 0 Å². The quantitative estimate of drug-likeness (QED) is 0.00886. The molecule has 0 aromatic carbocycles. The van der Waals surface area contributed by atoms with Crippen molar-refractivity contribution in [1.29, 1.82) is 0 Å². The number of hydrogen-bond donors (Lipinski definition) is 11. The minimum atomic E-state index is -5.70. The van der Waals surface area contributed by atoms with Gasteiger partial charge in [0.05, 0.1) is 13.2 Å². The summed E-state index contributed by atoms with van der Waals surface area (Å²) in [6, 6.07) is 0. The zero-order chi connectivity index (χ0) is 72.5. The van der Waals surface area contributed by atoms with Crippen molar-refractivity contribution in [3.8, 4) is 0 Å². The number of unbranched alkanes of at least 4 members (excludes halogenated alkanes) is 38. The van der Waals surface area contributed by atoms with Crippen LogP contribution in [0.15, 0.2) is 12.2 Å². The molecule has 1 saturated carbocycles. The zero-order valence-electron chi connectivity index (χ0n) is 60.8. The largest absolute Gasteiger partial charge is 0.472 e. The number of hydrogen-bond acceptors (Lipinski definition) is 23. The van der Waals surface area contributed by atoms with Gasteiger partial charge < -0.3 is 89.1 Å². The fraction of sp³-hybridized carbons (Fsp3) is 0.932. The van der Waals surface area contributed by atoms with Gasteiger partial charge in [-0.15, -0.1) is 0 Å². The predicted molar refractivity (Wildman–Crippen MR) is 375 cm³/mol. The van der Waals surface area contributed by atoms with E-state index in [-0.39, 0.29) is 19.3 Å². The molecule has 3 aliphatic rings. The Kier molecular flexibility index (Phi) is 51.5. The number of carbonyl (C=O) groups excluding carboxylic acids is 3. The van der Waals surface area contributed by atoms with Crippen LogP contribution in [-0.4, -0.2) is 204 Å². The van der Waals surface area contributed by atoms with E-state index in [0.717, 1.165) is 116 Å². The van der Waals surface area contributed by atoms with E-state index in [9.17, 15) is 74.9 Å². The van der Waals surface area contributed by atoms with Gasteiger partial charge in [0.2, 0.25) is 0 Å². The van der Waals surface area contributed by atoms with Crippen molar-refractivity contribution >= 4 is 25.7 Å². The number of rotatable bonds is 61. The molecule has 25 heteroatoms. The number of phosphoric acid groups is 1. The SMILES string of the molecule is CCCCCC/C=C\CCCCCCCCCC(=O)OCC(COP(=O)(O)OC1C(OC2OC(CO)C(O)C(O)C2O)C(O)C(O)C(O)C1OC1OC(COC(=O)CCCCCCCCCCCCCCC)C(O)C(O)C1O)OC(=O)CCCCCCCCCCCCCCCCCC. The van der Waals surface area contributed by atoms with Crippen LogP contribution >= 0.6 is 7.82 Å². The van der Waals surface area contributed by atoms with Crippen molar-refractivity contribution < 1.29 is 117 Å². The molecule has 18 atom stereocenters. The predicted octanol–water partition coefficient (Wildman–Crippen LogP) is 11.1. The number of aliphatic hydroxyl groups is 10. The highest BCUT2D eigenvalue weighted by atomic mass is 31.2. The molecule has 2 aliphatic heterocycles. The van der Waals surface area contributed by atoms with Gasteiger partial charge >= 0.3 is 25.7 Å². The summed E-state index contributed by atoms with van der Waals surface area (Å²) in [7, 11) is -5.70. The highest BCUT2D eigenvalue weighted by Gasteiger charge is 2.58. The molecule has 99 heavy (non-hydrogen) atoms. The summed E-state index contributed by atoms with van der Waals surface area (Å²) in [5.74, 6) is -1.98. The fourth-order valence-corrected chi connectivity index (χ4v) is 13.9. The highest BCUT2D eigenvalue weighted by molar-refractivity contribution is 7.47. The third-order valence-electron chi connectivity index (χ3n) is 19.3. The molecule has 0 bridgehead atoms. The van der Waals surface area contributed by atoms with Gasteiger partial charge in [0, 0.05) is 19.3 Å². The van der Waals surface area contributed by atoms with Crippen molar-refractivity contribution in [2.24, 2.45) is 0 Å². The average molecular weight is 1440 g/mol. The molecule has 18 unspecified atom stereocenters. The monoisotopic (exact) mass is 1440 g/mol. The van der Waals surface area contributed by atoms with Crippen LogP contribution < -0.4 is 0 Å². The Morgan fingerprint density at radius 2 is 0.707 bits per heavy atom. The summed E-state index contributed by atoms with van der Waals surface area (Å²) in [6.07, 6.45) is 15.5. The number of ether oxygens (including phenoxy) is 7. The molecule has 0 radical (unpaired) electrons. The van der Waals surface area contributed by atoms with Gasteiger partial charge in [0.15, 0.2) is 18.7 Å². The van der Waals surface area contributed by atoms with E-state index < -0.39 is 156 Å². The molecule has 582 valence electrons. The van der Waals surface area contributed by atoms with Crippen molar-refractivity contribution in [3.63, 3.8) is 0 Å². The van der Waals surface area contributed by atoms with Crippen molar-refractivity contribution in [1.82, 2.24) is 0 Å². The van der Waals surface area contributed by atoms with Crippen molar-refractivity contribution in [2.45, 2.75) is 414 Å². The van der Waals surface area contributed by atoms with E-state index >= 15 is 0 Å². The summed E-state index contributed by atoms with van der Waals surface area (Å²) in [4.78, 5) is 51.1. The minimum Gasteiger partial charge on any atom is -0.463 e. The minimum absolute atomic E-state index is 0.0323. The number of carbonyl (C=O) groups is 3. The zero-order valence-corrected chi connectivity index (χ0v) is 61.7. The Hall–Kier alpha value is -2.30. The van der Waals surface area contributed by atoms with E-state index in [1.165, 1.54) is 135 Å². The Labute approximate surface area is 592 Å². The lowest BCUT2D eigenvalue weighted by Crippen LogP contribution is -2.69. The van der Waals surface area contributed by atoms with E-state index in [1.54, 1.807) is 0 Å². The van der Waals surface area contributed by atoms with E-state index in [0.29, 0.717) is 19.3 Å². The topological polar surface area (TPSA) is 374 Å². The van der Waals surface area contributed by atoms with Crippen molar-refractivity contribution in [2.75, 3.05) is 26.4 Å². The molecule has 3 rings (SSSR count). The van der Waals surface area contributed by atoms with Crippen LogP contribution in [0.1, 0.15) is 310 Å². The van der Waals surface area contributed by atoms with Crippen LogP contribution in [0.5, 0.6) is 0 Å². The number of allylic oxidation sites excluding steroid dienone is 2. The Bertz CT molecular complexity index is 2090. The molecule has 2 saturated heterocycles. The smallest absolute Gasteiger partial charge is 0.463 e. The van der Waals surface area contributed by atoms with Crippen LogP contribution in [-0.2, 0) is 61.2 Å². The van der Waals surface area contributed by atoms with Gasteiger partial charge in [-0.1, -0.05) is 258 Å². The van der Waals surface area contributed by atoms with Gasteiger partial charge in [-0.25, -0.2) is 4.57 Å². The first-order chi connectivity index (χ1) is 47.8. The van der Waals surface area contributed by atoms with Gasteiger partial charge in [0.1, 0.15) is 98.7 Å². The maximum absolute atomic E-state index is 14.3. The Morgan fingerprint density at radius 3 is 1.10 bits per heavy atom. The van der Waals surface area contributed by atoms with E-state index in [1.807, 2.05) is 0 Å². The molecular formula is C74H137O24P. The molecule has 0 spiro atoms. The second-order valence-electron chi connectivity index (χ2n) is 28.1. The summed E-state index contributed by atoms with van der Waals surface area (Å²) in [6.45, 7) is 3.46. The van der Waals surface area contributed by atoms with Gasteiger partial charge in [-0.05, 0) is 44.9 Å². The number of aliphatic hydroxyl groups excluding tert-OH is 10. The first-order valence-corrected chi connectivity index (χ1v) is 40.5. The molecule has 2 heterocycles. The van der Waals surface area contributed by atoms with E-state index in [2.05, 4.69) is 32.9 Å². The lowest BCUT2D eigenvalue weighted by atomic mass is 9.84. The molecule has 11 N–H and O–H groups in total. The number of phosphoric ester groups is 1. The van der Waals surface area contributed by atoms with E-state index in [4.69, 9.17) is 42.2 Å². The molecule has 0 aromatic heterocycles. The second-order valence-corrected chi connectivity index (χ2v) is 29.5. The van der Waals surface area contributed by atoms with Crippen LogP contribution in [0, 0.1) is 0 Å². The van der Waals surface area contributed by atoms with Crippen LogP contribution in [0.3, 0.4) is 0 Å². The average Bonchev–Trinajstić information content (AvgIpc) is 0.762. The molecule has 1 aliphatic carbocycles. The first-order valence-electron chi connectivity index (χ1n) is 39.0. The Morgan fingerprint density at radius 1 is 0.384 bits per heavy atom. The van der Waals surface area contributed by atoms with Crippen molar-refractivity contribution in [3.05, 3.63) is 12.2 Å². The maximum atomic E-state index is 14.3. The van der Waals surface area contributed by atoms with Gasteiger partial charge in [0.25, 0.3) is 0 Å². The standard InChI is InChI=1S/C74H137O24P/c1-4-7-10-13-16-19-22-25-27-29-32-35-38-41-44-47-50-60(78)93-55(52-90-58(76)48-45-42-39-36-34-31-28-26-23-20-17-14-11-8-5-2)53-92-99(88,89)98-72-70(96-73-68(86)63(81)61(79)56(51-75)94-73)66(84)65(83)67(85)71(72)97-74-69(87)64(82)62(80)57(95-74)54-91-59(77)49-46-43-40-37-33-30-24-21-18-15-12-9-6-3/h20,23,55-57,61-75,79-87H,4-19,21-22,24-54H2,1-3H3,(H,88,89)/b23-20-. The molecule has 0 amide bonds. The summed E-state index contributed by atoms with van der Waals surface area (Å²) in [5.41, 5.74) is 0. The van der Waals surface area contributed by atoms with Gasteiger partial charge in [-0.2, -0.15) is 0 Å². The van der Waals surface area contributed by atoms with Crippen LogP contribution in [0.2, 0.25) is 0 Å². The molecular weight excluding hydrogens is 1300 g/mol. The lowest BCUT2D eigenvalue weighted by molar-refractivity contribution is -0.360. The normalized spacial score (nSPS) is 27.5. The summed E-state index contributed by atoms with van der Waals surface area (Å²) >= 11 is 0. The fourth-order valence-electron chi connectivity index (χ4n) is 12.9. The molecule has 0 aromatic rings. The lowest BCUT2D eigenvalue weighted by Gasteiger charge is -2.49. The summed E-state index contributed by atoms with van der Waals surface area (Å²) in [5, 5.41) is 110. The van der Waals surface area contributed by atoms with Gasteiger partial charge in [-0.3, -0.25) is 23.4 Å². The number of esters is 3. The second kappa shape index (κ2) is 56.1. The maximum Gasteiger partial charge on any atom is 0.472 e. The van der Waals surface area contributed by atoms with Crippen LogP contribution in [0.25, 0.3) is 0 Å². The third-order valence-corrected chi connectivity index (χ3v) is 20.3. The highest BCUT2D eigenvalue weighted by Crippen LogP contribution is 2.49. The summed E-state index contributed by atoms with van der Waals surface area (Å²) < 4.78 is 65.1. The molecule has 3 fully saturated rings. The third kappa shape index (κ3) is 39.0. The first kappa shape index (κ1) is 90.9.